The molecule has 0 amide bonds. The molecule has 0 rings (SSSR count). The predicted molar refractivity (Wildman–Crippen MR) is 408 cm³/mol. The maximum Gasteiger partial charge on any atom is 0.472 e. The minimum atomic E-state index is -5.03. The number of ether oxygens (including phenoxy) is 4. The summed E-state index contributed by atoms with van der Waals surface area (Å²) in [6, 6.07) is 0. The lowest BCUT2D eigenvalue weighted by Gasteiger charge is -2.21. The molecule has 5 atom stereocenters. The third kappa shape index (κ3) is 70.3. The molecule has 0 spiro atoms. The first kappa shape index (κ1) is 93.9. The molecule has 0 saturated heterocycles. The quantitative estimate of drug-likeness (QED) is 0.0169. The van der Waals surface area contributed by atoms with Gasteiger partial charge in [-0.25, -0.2) is 9.13 Å². The van der Waals surface area contributed by atoms with Crippen molar-refractivity contribution in [3.05, 3.63) is 194 Å². The van der Waals surface area contributed by atoms with Crippen molar-refractivity contribution in [2.75, 3.05) is 39.6 Å². The van der Waals surface area contributed by atoms with Gasteiger partial charge in [-0.3, -0.25) is 37.3 Å². The Bertz CT molecular complexity index is 2670. The number of aliphatic hydroxyl groups excluding tert-OH is 1. The summed E-state index contributed by atoms with van der Waals surface area (Å²) in [5, 5.41) is 10.6. The van der Waals surface area contributed by atoms with E-state index in [1.807, 2.05) is 24.3 Å². The van der Waals surface area contributed by atoms with Gasteiger partial charge in [0.2, 0.25) is 0 Å². The highest BCUT2D eigenvalue weighted by Crippen LogP contribution is 2.45. The van der Waals surface area contributed by atoms with Gasteiger partial charge in [0, 0.05) is 12.8 Å². The minimum absolute atomic E-state index is 0.0603. The highest BCUT2D eigenvalue weighted by Gasteiger charge is 2.30. The Hall–Kier alpha value is -6.10. The number of unbranched alkanes of at least 4 members (excludes halogenated alkanes) is 10. The maximum absolute atomic E-state index is 13.1. The normalized spacial score (nSPS) is 15.1. The Balaban J connectivity index is 5.54. The summed E-state index contributed by atoms with van der Waals surface area (Å²) in [4.78, 5) is 72.6. The van der Waals surface area contributed by atoms with Crippen LogP contribution in [0.25, 0.3) is 0 Å². The number of hydrogen-bond donors (Lipinski definition) is 3. The molecular formula is C81H126O17P2. The number of esters is 4. The van der Waals surface area contributed by atoms with Crippen molar-refractivity contribution < 1.29 is 80.2 Å². The second kappa shape index (κ2) is 71.3. The molecule has 0 heterocycles. The molecule has 0 aliphatic carbocycles. The zero-order chi connectivity index (χ0) is 73.2. The van der Waals surface area contributed by atoms with Gasteiger partial charge in [-0.05, 0) is 141 Å². The lowest BCUT2D eigenvalue weighted by Crippen LogP contribution is -2.30. The number of rotatable bonds is 66. The molecule has 0 aliphatic rings. The summed E-state index contributed by atoms with van der Waals surface area (Å²) < 4.78 is 68.1. The lowest BCUT2D eigenvalue weighted by molar-refractivity contribution is -0.161. The average molecular weight is 1430 g/mol. The first-order valence-electron chi connectivity index (χ1n) is 36.7. The fourth-order valence-electron chi connectivity index (χ4n) is 8.63. The van der Waals surface area contributed by atoms with E-state index in [9.17, 15) is 43.2 Å². The van der Waals surface area contributed by atoms with Gasteiger partial charge in [0.05, 0.1) is 39.3 Å². The molecule has 562 valence electrons. The van der Waals surface area contributed by atoms with E-state index in [4.69, 9.17) is 37.0 Å². The molecule has 17 nitrogen and oxygen atoms in total. The van der Waals surface area contributed by atoms with Crippen LogP contribution < -0.4 is 0 Å². The van der Waals surface area contributed by atoms with E-state index < -0.39 is 97.5 Å². The zero-order valence-electron chi connectivity index (χ0n) is 61.0. The van der Waals surface area contributed by atoms with E-state index in [-0.39, 0.29) is 25.7 Å². The van der Waals surface area contributed by atoms with Gasteiger partial charge < -0.3 is 33.8 Å². The van der Waals surface area contributed by atoms with Crippen LogP contribution in [0.2, 0.25) is 0 Å². The summed E-state index contributed by atoms with van der Waals surface area (Å²) in [5.41, 5.74) is 0. The number of carbonyl (C=O) groups excluding carboxylic acids is 4. The van der Waals surface area contributed by atoms with E-state index in [1.165, 1.54) is 0 Å². The second-order valence-electron chi connectivity index (χ2n) is 23.4. The molecule has 0 aromatic heterocycles. The molecule has 0 fully saturated rings. The number of hydrogen-bond acceptors (Lipinski definition) is 15. The van der Waals surface area contributed by atoms with Gasteiger partial charge in [0.25, 0.3) is 0 Å². The van der Waals surface area contributed by atoms with Crippen molar-refractivity contribution in [3.8, 4) is 0 Å². The van der Waals surface area contributed by atoms with Crippen molar-refractivity contribution >= 4 is 39.5 Å². The van der Waals surface area contributed by atoms with Crippen molar-refractivity contribution in [3.63, 3.8) is 0 Å². The first-order valence-corrected chi connectivity index (χ1v) is 39.7. The topological polar surface area (TPSA) is 237 Å². The largest absolute Gasteiger partial charge is 0.472 e. The van der Waals surface area contributed by atoms with Crippen LogP contribution in [0.1, 0.15) is 233 Å². The first-order chi connectivity index (χ1) is 48.7. The molecule has 0 aromatic carbocycles. The zero-order valence-corrected chi connectivity index (χ0v) is 62.8. The molecule has 0 aromatic rings. The smallest absolute Gasteiger partial charge is 0.462 e. The molecule has 0 aliphatic heterocycles. The molecule has 0 radical (unpaired) electrons. The van der Waals surface area contributed by atoms with Crippen LogP contribution in [0.5, 0.6) is 0 Å². The monoisotopic (exact) mass is 1430 g/mol. The summed E-state index contributed by atoms with van der Waals surface area (Å²) in [7, 11) is -10.0. The Morgan fingerprint density at radius 2 is 0.570 bits per heavy atom. The number of phosphoric ester groups is 2. The number of carbonyl (C=O) groups is 4. The molecule has 19 heteroatoms. The van der Waals surface area contributed by atoms with Crippen LogP contribution >= 0.6 is 15.6 Å². The summed E-state index contributed by atoms with van der Waals surface area (Å²) in [6.45, 7) is 4.13. The van der Waals surface area contributed by atoms with Gasteiger partial charge in [-0.15, -0.1) is 0 Å². The Morgan fingerprint density at radius 3 is 0.930 bits per heavy atom. The number of phosphoric acid groups is 2. The van der Waals surface area contributed by atoms with E-state index in [0.717, 1.165) is 154 Å². The van der Waals surface area contributed by atoms with Crippen LogP contribution in [0.15, 0.2) is 194 Å². The van der Waals surface area contributed by atoms with Gasteiger partial charge in [-0.2, -0.15) is 0 Å². The van der Waals surface area contributed by atoms with E-state index >= 15 is 0 Å². The number of allylic oxidation sites excluding steroid dienone is 30. The maximum atomic E-state index is 13.1. The van der Waals surface area contributed by atoms with Crippen LogP contribution in [0, 0.1) is 0 Å². The molecule has 5 unspecified atom stereocenters. The second-order valence-corrected chi connectivity index (χ2v) is 26.3. The van der Waals surface area contributed by atoms with Crippen molar-refractivity contribution in [2.45, 2.75) is 251 Å². The minimum Gasteiger partial charge on any atom is -0.462 e. The molecule has 0 saturated carbocycles. The summed E-state index contributed by atoms with van der Waals surface area (Å²) in [5.74, 6) is -2.54. The molecule has 0 bridgehead atoms. The standard InChI is InChI=1S/C81H126O17P2/c1-5-9-13-17-21-25-29-33-36-37-40-43-46-50-54-58-62-66-79(84)92-71-76(97-80(85)67-63-59-55-51-47-41-32-28-24-20-16-12-8-4)73-95-99(87,88)93-69-75(82)70-94-100(89,90)96-74-77(98-81(86)68-64-60-56-52-48-44-39-35-31-27-23-19-15-11-7-3)72-91-78(83)65-61-57-53-49-45-42-38-34-30-26-22-18-14-10-6-2/h9-11,13-16,20-23,25-28,32-36,38-40,43,45,48-49,52,57,60-61,64,75-77,82H,5-8,12,17-19,24,29-31,37,41-42,44,46-47,50-51,53-56,58-59,62-63,65-74H2,1-4H3,(H,87,88)(H,89,90)/b13-9-,14-10-,15-11-,20-16-,25-21-,26-22-,27-23-,32-28-,36-33-,38-34-,39-35-,43-40-,49-45-,52-48-,61-57-,64-60-. The molecule has 3 N–H and O–H groups in total. The van der Waals surface area contributed by atoms with Crippen LogP contribution in [-0.4, -0.2) is 96.7 Å². The van der Waals surface area contributed by atoms with Crippen molar-refractivity contribution in [2.24, 2.45) is 0 Å². The SMILES string of the molecule is CC/C=C\C/C=C\C/C=C\C/C=C\C/C=C\CC(=O)OCC(COP(=O)(O)OCC(O)COP(=O)(O)OCC(COC(=O)CCCCCC/C=C\C/C=C\C/C=C\C/C=C\CC)OC(=O)CCCCCCC/C=C\C/C=C\CCC)OC(=O)C/C=C\C/C=C\C/C=C\C/C=C\C/C=C\CC. The van der Waals surface area contributed by atoms with Crippen LogP contribution in [-0.2, 0) is 65.4 Å². The third-order valence-corrected chi connectivity index (χ3v) is 16.0. The van der Waals surface area contributed by atoms with E-state index in [1.54, 1.807) is 24.3 Å². The van der Waals surface area contributed by atoms with Crippen molar-refractivity contribution in [1.29, 1.82) is 0 Å². The van der Waals surface area contributed by atoms with Crippen LogP contribution in [0.4, 0.5) is 0 Å². The highest BCUT2D eigenvalue weighted by atomic mass is 31.2. The van der Waals surface area contributed by atoms with Gasteiger partial charge in [0.15, 0.2) is 12.2 Å². The third-order valence-electron chi connectivity index (χ3n) is 14.1. The van der Waals surface area contributed by atoms with E-state index in [0.29, 0.717) is 25.7 Å². The number of aliphatic hydroxyl groups is 1. The van der Waals surface area contributed by atoms with Gasteiger partial charge in [-0.1, -0.05) is 261 Å². The van der Waals surface area contributed by atoms with Crippen molar-refractivity contribution in [1.82, 2.24) is 0 Å². The molecule has 100 heavy (non-hydrogen) atoms. The summed E-state index contributed by atoms with van der Waals surface area (Å²) >= 11 is 0. The molecular weight excluding hydrogens is 1310 g/mol. The lowest BCUT2D eigenvalue weighted by atomic mass is 10.1. The van der Waals surface area contributed by atoms with Gasteiger partial charge in [0.1, 0.15) is 19.3 Å². The summed E-state index contributed by atoms with van der Waals surface area (Å²) in [6.07, 6.45) is 86.4. The van der Waals surface area contributed by atoms with E-state index in [2.05, 4.69) is 174 Å². The Labute approximate surface area is 602 Å². The Morgan fingerprint density at radius 1 is 0.300 bits per heavy atom. The Kier molecular flexibility index (Phi) is 67.0. The van der Waals surface area contributed by atoms with Crippen LogP contribution in [0.3, 0.4) is 0 Å². The van der Waals surface area contributed by atoms with Gasteiger partial charge >= 0.3 is 39.5 Å². The fourth-order valence-corrected chi connectivity index (χ4v) is 10.2. The highest BCUT2D eigenvalue weighted by molar-refractivity contribution is 7.47. The average Bonchev–Trinajstić information content (AvgIpc) is 0.988. The predicted octanol–water partition coefficient (Wildman–Crippen LogP) is 21.0. The fraction of sp³-hybridized carbons (Fsp3) is 0.556.